The van der Waals surface area contributed by atoms with Crippen LogP contribution in [0.15, 0.2) is 48.6 Å². The van der Waals surface area contributed by atoms with Gasteiger partial charge in [0.15, 0.2) is 0 Å². The summed E-state index contributed by atoms with van der Waals surface area (Å²) in [6, 6.07) is -1.01. The van der Waals surface area contributed by atoms with E-state index in [9.17, 15) is 14.7 Å². The molecule has 0 rings (SSSR count). The van der Waals surface area contributed by atoms with Gasteiger partial charge in [-0.1, -0.05) is 68.4 Å². The van der Waals surface area contributed by atoms with E-state index in [1.807, 2.05) is 18.2 Å². The third-order valence-electron chi connectivity index (χ3n) is 4.24. The van der Waals surface area contributed by atoms with E-state index in [2.05, 4.69) is 25.2 Å². The van der Waals surface area contributed by atoms with Crippen molar-refractivity contribution in [3.05, 3.63) is 48.6 Å². The standard InChI is InChI=1S/C23H37NO5S/c1-2-3-4-5-6-7-8-9-10-11-12-13-16-21(30-18-19(24)23(28)29)20(25)15-14-17-22(26)27/h6-7,9-13,16,19-21,25H,2-5,8,14-15,17-18,24H2,1H3,(H,26,27)(H,28,29)/b7-6?,10-9?,12-11+,16-13+. The van der Waals surface area contributed by atoms with Gasteiger partial charge < -0.3 is 21.1 Å². The Morgan fingerprint density at radius 3 is 2.40 bits per heavy atom. The van der Waals surface area contributed by atoms with Gasteiger partial charge in [0.1, 0.15) is 6.04 Å². The van der Waals surface area contributed by atoms with E-state index in [-0.39, 0.29) is 17.4 Å². The molecule has 170 valence electrons. The van der Waals surface area contributed by atoms with E-state index < -0.39 is 24.1 Å². The molecular formula is C23H37NO5S. The highest BCUT2D eigenvalue weighted by Crippen LogP contribution is 2.21. The lowest BCUT2D eigenvalue weighted by atomic mass is 10.1. The van der Waals surface area contributed by atoms with Crippen LogP contribution < -0.4 is 5.73 Å². The summed E-state index contributed by atoms with van der Waals surface area (Å²) in [5.74, 6) is -1.83. The summed E-state index contributed by atoms with van der Waals surface area (Å²) < 4.78 is 0. The van der Waals surface area contributed by atoms with Gasteiger partial charge in [0.25, 0.3) is 0 Å². The highest BCUT2D eigenvalue weighted by molar-refractivity contribution is 8.00. The maximum Gasteiger partial charge on any atom is 0.321 e. The Bertz CT molecular complexity index is 586. The van der Waals surface area contributed by atoms with E-state index in [1.54, 1.807) is 12.2 Å². The van der Waals surface area contributed by atoms with Crippen LogP contribution in [0.3, 0.4) is 0 Å². The Morgan fingerprint density at radius 1 is 1.00 bits per heavy atom. The molecule has 0 saturated carbocycles. The molecule has 5 N–H and O–H groups in total. The van der Waals surface area contributed by atoms with Crippen molar-refractivity contribution in [3.63, 3.8) is 0 Å². The van der Waals surface area contributed by atoms with Crippen molar-refractivity contribution in [2.24, 2.45) is 5.73 Å². The average Bonchev–Trinajstić information content (AvgIpc) is 2.70. The molecule has 0 aliphatic rings. The second kappa shape index (κ2) is 19.2. The zero-order chi connectivity index (χ0) is 22.6. The second-order valence-corrected chi connectivity index (χ2v) is 8.21. The van der Waals surface area contributed by atoms with Crippen molar-refractivity contribution in [2.75, 3.05) is 5.75 Å². The number of nitrogens with two attached hydrogens (primary N) is 1. The first-order valence-electron chi connectivity index (χ1n) is 10.5. The number of carboxylic acid groups (broad SMARTS) is 2. The molecule has 0 heterocycles. The van der Waals surface area contributed by atoms with E-state index in [1.165, 1.54) is 31.0 Å². The Kier molecular flexibility index (Phi) is 18.0. The normalized spacial score (nSPS) is 15.4. The predicted octanol–water partition coefficient (Wildman–Crippen LogP) is 4.31. The fourth-order valence-electron chi connectivity index (χ4n) is 2.47. The van der Waals surface area contributed by atoms with E-state index in [0.29, 0.717) is 12.8 Å². The molecule has 0 aliphatic carbocycles. The number of thioether (sulfide) groups is 1. The maximum absolute atomic E-state index is 10.9. The van der Waals surface area contributed by atoms with E-state index >= 15 is 0 Å². The van der Waals surface area contributed by atoms with Crippen molar-refractivity contribution < 1.29 is 24.9 Å². The summed E-state index contributed by atoms with van der Waals surface area (Å²) in [5.41, 5.74) is 5.54. The van der Waals surface area contributed by atoms with Crippen LogP contribution >= 0.6 is 11.8 Å². The minimum Gasteiger partial charge on any atom is -0.481 e. The zero-order valence-corrected chi connectivity index (χ0v) is 18.7. The number of carboxylic acids is 2. The largest absolute Gasteiger partial charge is 0.481 e. The van der Waals surface area contributed by atoms with Crippen LogP contribution in [0.5, 0.6) is 0 Å². The van der Waals surface area contributed by atoms with Gasteiger partial charge in [-0.05, 0) is 32.1 Å². The molecule has 7 heteroatoms. The highest BCUT2D eigenvalue weighted by atomic mass is 32.2. The average molecular weight is 440 g/mol. The van der Waals surface area contributed by atoms with Crippen LogP contribution in [0.1, 0.15) is 58.3 Å². The van der Waals surface area contributed by atoms with Crippen LogP contribution in [-0.2, 0) is 9.59 Å². The van der Waals surface area contributed by atoms with Gasteiger partial charge in [0.2, 0.25) is 0 Å². The van der Waals surface area contributed by atoms with Crippen molar-refractivity contribution in [3.8, 4) is 0 Å². The molecule has 0 spiro atoms. The summed E-state index contributed by atoms with van der Waals surface area (Å²) in [6.45, 7) is 2.19. The first-order valence-corrected chi connectivity index (χ1v) is 11.6. The third kappa shape index (κ3) is 17.1. The maximum atomic E-state index is 10.9. The first kappa shape index (κ1) is 28.2. The lowest BCUT2D eigenvalue weighted by molar-refractivity contribution is -0.138. The second-order valence-electron chi connectivity index (χ2n) is 7.00. The molecule has 0 bridgehead atoms. The molecule has 0 amide bonds. The number of aliphatic hydroxyl groups is 1. The molecule has 3 atom stereocenters. The molecular weight excluding hydrogens is 402 g/mol. The lowest BCUT2D eigenvalue weighted by Gasteiger charge is -2.20. The van der Waals surface area contributed by atoms with Gasteiger partial charge in [-0.25, -0.2) is 0 Å². The number of aliphatic hydroxyl groups excluding tert-OH is 1. The molecule has 0 aromatic rings. The summed E-state index contributed by atoms with van der Waals surface area (Å²) in [4.78, 5) is 21.5. The van der Waals surface area contributed by atoms with Gasteiger partial charge in [-0.2, -0.15) is 0 Å². The Labute approximate surface area is 184 Å². The van der Waals surface area contributed by atoms with Crippen LogP contribution in [-0.4, -0.2) is 50.4 Å². The number of allylic oxidation sites excluding steroid dienone is 7. The van der Waals surface area contributed by atoms with Crippen molar-refractivity contribution >= 4 is 23.7 Å². The van der Waals surface area contributed by atoms with Crippen LogP contribution in [0.2, 0.25) is 0 Å². The van der Waals surface area contributed by atoms with Gasteiger partial charge >= 0.3 is 11.9 Å². The third-order valence-corrected chi connectivity index (χ3v) is 5.65. The van der Waals surface area contributed by atoms with Crippen LogP contribution in [0.4, 0.5) is 0 Å². The Balaban J connectivity index is 4.51. The summed E-state index contributed by atoms with van der Waals surface area (Å²) >= 11 is 1.26. The number of aliphatic carboxylic acids is 2. The Morgan fingerprint density at radius 2 is 1.73 bits per heavy atom. The van der Waals surface area contributed by atoms with Gasteiger partial charge in [-0.15, -0.1) is 11.8 Å². The SMILES string of the molecule is CCCCCC=CCC=C/C=C/C=C/C(SCC(N)C(=O)O)C(O)CCCC(=O)O. The molecule has 6 nitrogen and oxygen atoms in total. The van der Waals surface area contributed by atoms with Gasteiger partial charge in [-0.3, -0.25) is 9.59 Å². The minimum atomic E-state index is -1.09. The fourth-order valence-corrected chi connectivity index (χ4v) is 3.60. The number of carbonyl (C=O) groups is 2. The number of hydrogen-bond acceptors (Lipinski definition) is 5. The molecule has 0 aromatic carbocycles. The predicted molar refractivity (Wildman–Crippen MR) is 125 cm³/mol. The molecule has 0 saturated heterocycles. The molecule has 0 radical (unpaired) electrons. The van der Waals surface area contributed by atoms with Crippen molar-refractivity contribution in [2.45, 2.75) is 75.7 Å². The summed E-state index contributed by atoms with van der Waals surface area (Å²) in [5, 5.41) is 27.6. The summed E-state index contributed by atoms with van der Waals surface area (Å²) in [6.07, 6.45) is 21.3. The molecule has 3 unspecified atom stereocenters. The molecule has 0 aliphatic heterocycles. The van der Waals surface area contributed by atoms with E-state index in [4.69, 9.17) is 15.9 Å². The fraction of sp³-hybridized carbons (Fsp3) is 0.565. The molecule has 0 aromatic heterocycles. The quantitative estimate of drug-likeness (QED) is 0.143. The minimum absolute atomic E-state index is 0.00938. The monoisotopic (exact) mass is 439 g/mol. The van der Waals surface area contributed by atoms with Gasteiger partial charge in [0.05, 0.1) is 6.10 Å². The lowest BCUT2D eigenvalue weighted by Crippen LogP contribution is -2.34. The first-order chi connectivity index (χ1) is 14.4. The Hall–Kier alpha value is -1.83. The number of unbranched alkanes of at least 4 members (excludes halogenated alkanes) is 3. The van der Waals surface area contributed by atoms with E-state index in [0.717, 1.165) is 12.8 Å². The van der Waals surface area contributed by atoms with Crippen molar-refractivity contribution in [1.29, 1.82) is 0 Å². The number of rotatable bonds is 18. The summed E-state index contributed by atoms with van der Waals surface area (Å²) in [7, 11) is 0. The smallest absolute Gasteiger partial charge is 0.321 e. The molecule has 0 fully saturated rings. The van der Waals surface area contributed by atoms with Crippen LogP contribution in [0, 0.1) is 0 Å². The molecule has 30 heavy (non-hydrogen) atoms. The van der Waals surface area contributed by atoms with Crippen molar-refractivity contribution in [1.82, 2.24) is 0 Å². The van der Waals surface area contributed by atoms with Gasteiger partial charge in [0, 0.05) is 17.4 Å². The zero-order valence-electron chi connectivity index (χ0n) is 17.9. The van der Waals surface area contributed by atoms with Crippen LogP contribution in [0.25, 0.3) is 0 Å². The number of hydrogen-bond donors (Lipinski definition) is 4. The highest BCUT2D eigenvalue weighted by Gasteiger charge is 2.20. The topological polar surface area (TPSA) is 121 Å².